The van der Waals surface area contributed by atoms with Gasteiger partial charge in [-0.2, -0.15) is 8.61 Å². The molecular formula is C13H17FN2O8S2. The van der Waals surface area contributed by atoms with Crippen LogP contribution in [0.25, 0.3) is 0 Å². The minimum Gasteiger partial charge on any atom is -0.473 e. The van der Waals surface area contributed by atoms with Crippen molar-refractivity contribution in [2.75, 3.05) is 32.4 Å². The molecule has 1 heterocycles. The van der Waals surface area contributed by atoms with Gasteiger partial charge in [0.05, 0.1) is 11.2 Å². The normalized spacial score (nSPS) is 16.4. The largest absolute Gasteiger partial charge is 0.473 e. The van der Waals surface area contributed by atoms with Crippen molar-refractivity contribution in [1.29, 1.82) is 0 Å². The molecule has 26 heavy (non-hydrogen) atoms. The van der Waals surface area contributed by atoms with Crippen LogP contribution < -0.4 is 0 Å². The number of hydrogen-bond acceptors (Lipinski definition) is 6. The van der Waals surface area contributed by atoms with Gasteiger partial charge < -0.3 is 10.2 Å². The summed E-state index contributed by atoms with van der Waals surface area (Å²) in [6.07, 6.45) is 1.09. The first kappa shape index (κ1) is 22.0. The van der Waals surface area contributed by atoms with E-state index in [-0.39, 0.29) is 31.1 Å². The number of carbonyl (C=O) groups is 2. The molecule has 0 spiro atoms. The molecule has 0 bridgehead atoms. The number of hydrogen-bond donors (Lipinski definition) is 2. The van der Waals surface area contributed by atoms with Gasteiger partial charge in [0.25, 0.3) is 0 Å². The smallest absolute Gasteiger partial charge is 0.414 e. The minimum atomic E-state index is -3.70. The Morgan fingerprint density at radius 1 is 0.885 bits per heavy atom. The Morgan fingerprint density at radius 2 is 1.27 bits per heavy atom. The molecular weight excluding hydrogens is 395 g/mol. The lowest BCUT2D eigenvalue weighted by Gasteiger charge is -2.32. The molecule has 1 saturated heterocycles. The van der Waals surface area contributed by atoms with Crippen LogP contribution >= 0.6 is 0 Å². The van der Waals surface area contributed by atoms with E-state index in [0.717, 1.165) is 18.4 Å². The number of carboxylic acid groups (broad SMARTS) is 2. The Labute approximate surface area is 149 Å². The standard InChI is InChI=1S/C11H15FN2O4S2.C2H2O4/c1-19(15,16)13-6-8-14(9-7-13)20(17,18)11-4-2-10(12)3-5-11;3-1(4)2(5)6/h2-5H,6-9H2,1H3;(H,3,4)(H,5,6). The van der Waals surface area contributed by atoms with Crippen LogP contribution in [0.5, 0.6) is 0 Å². The topological polar surface area (TPSA) is 149 Å². The van der Waals surface area contributed by atoms with Gasteiger partial charge in [-0.15, -0.1) is 0 Å². The van der Waals surface area contributed by atoms with E-state index >= 15 is 0 Å². The highest BCUT2D eigenvalue weighted by Crippen LogP contribution is 2.18. The zero-order chi connectivity index (χ0) is 20.1. The monoisotopic (exact) mass is 412 g/mol. The van der Waals surface area contributed by atoms with Crippen LogP contribution in [0.3, 0.4) is 0 Å². The van der Waals surface area contributed by atoms with Crippen LogP contribution in [0.2, 0.25) is 0 Å². The lowest BCUT2D eigenvalue weighted by atomic mass is 10.4. The highest BCUT2D eigenvalue weighted by Gasteiger charge is 2.31. The zero-order valence-corrected chi connectivity index (χ0v) is 15.2. The van der Waals surface area contributed by atoms with Gasteiger partial charge in [0.2, 0.25) is 20.0 Å². The van der Waals surface area contributed by atoms with Crippen molar-refractivity contribution in [3.05, 3.63) is 30.1 Å². The van der Waals surface area contributed by atoms with Crippen molar-refractivity contribution in [2.24, 2.45) is 0 Å². The SMILES string of the molecule is CS(=O)(=O)N1CCN(S(=O)(=O)c2ccc(F)cc2)CC1.O=C(O)C(=O)O. The predicted octanol–water partition coefficient (Wildman–Crippen LogP) is -0.753. The average Bonchev–Trinajstić information content (AvgIpc) is 2.55. The molecule has 10 nitrogen and oxygen atoms in total. The molecule has 1 fully saturated rings. The van der Waals surface area contributed by atoms with Gasteiger partial charge in [0, 0.05) is 26.2 Å². The van der Waals surface area contributed by atoms with Crippen LogP contribution in [-0.4, -0.2) is 80.0 Å². The summed E-state index contributed by atoms with van der Waals surface area (Å²) >= 11 is 0. The number of piperazine rings is 1. The molecule has 13 heteroatoms. The maximum Gasteiger partial charge on any atom is 0.414 e. The Bertz CT molecular complexity index is 848. The van der Waals surface area contributed by atoms with E-state index in [2.05, 4.69) is 0 Å². The molecule has 1 aromatic rings. The van der Waals surface area contributed by atoms with Gasteiger partial charge in [-0.05, 0) is 24.3 Å². The van der Waals surface area contributed by atoms with Gasteiger partial charge in [0.15, 0.2) is 0 Å². The van der Waals surface area contributed by atoms with Crippen LogP contribution in [0.4, 0.5) is 4.39 Å². The summed E-state index contributed by atoms with van der Waals surface area (Å²) in [7, 11) is -7.01. The molecule has 1 aliphatic heterocycles. The van der Waals surface area contributed by atoms with Crippen molar-refractivity contribution in [3.63, 3.8) is 0 Å². The summed E-state index contributed by atoms with van der Waals surface area (Å²) < 4.78 is 62.6. The highest BCUT2D eigenvalue weighted by atomic mass is 32.2. The number of carboxylic acids is 2. The Balaban J connectivity index is 0.000000487. The number of rotatable bonds is 3. The van der Waals surface area contributed by atoms with Crippen LogP contribution in [0.15, 0.2) is 29.2 Å². The maximum atomic E-state index is 12.8. The van der Waals surface area contributed by atoms with Gasteiger partial charge in [0.1, 0.15) is 5.82 Å². The lowest BCUT2D eigenvalue weighted by molar-refractivity contribution is -0.159. The van der Waals surface area contributed by atoms with E-state index < -0.39 is 37.8 Å². The molecule has 0 aliphatic carbocycles. The van der Waals surface area contributed by atoms with Gasteiger partial charge in [-0.25, -0.2) is 30.8 Å². The maximum absolute atomic E-state index is 12.8. The second-order valence-corrected chi connectivity index (χ2v) is 9.05. The van der Waals surface area contributed by atoms with Crippen molar-refractivity contribution < 1.29 is 41.0 Å². The average molecular weight is 412 g/mol. The fourth-order valence-corrected chi connectivity index (χ4v) is 4.25. The minimum absolute atomic E-state index is 0.00621. The first-order valence-electron chi connectivity index (χ1n) is 7.02. The van der Waals surface area contributed by atoms with Crippen molar-refractivity contribution in [3.8, 4) is 0 Å². The number of sulfonamides is 2. The molecule has 146 valence electrons. The van der Waals surface area contributed by atoms with Crippen LogP contribution in [-0.2, 0) is 29.6 Å². The molecule has 0 atom stereocenters. The third kappa shape index (κ3) is 6.01. The summed E-state index contributed by atoms with van der Waals surface area (Å²) in [6.45, 7) is 0.429. The summed E-state index contributed by atoms with van der Waals surface area (Å²) in [5.74, 6) is -4.16. The molecule has 1 aromatic carbocycles. The Morgan fingerprint density at radius 3 is 1.62 bits per heavy atom. The number of benzene rings is 1. The number of aliphatic carboxylic acids is 2. The second-order valence-electron chi connectivity index (χ2n) is 5.13. The quantitative estimate of drug-likeness (QED) is 0.616. The second kappa shape index (κ2) is 8.53. The fourth-order valence-electron chi connectivity index (χ4n) is 2.00. The third-order valence-corrected chi connectivity index (χ3v) is 6.52. The van der Waals surface area contributed by atoms with E-state index in [1.807, 2.05) is 0 Å². The van der Waals surface area contributed by atoms with Gasteiger partial charge in [-0.1, -0.05) is 0 Å². The first-order chi connectivity index (χ1) is 11.9. The highest BCUT2D eigenvalue weighted by molar-refractivity contribution is 7.89. The Hall–Kier alpha value is -2.09. The van der Waals surface area contributed by atoms with Crippen molar-refractivity contribution in [1.82, 2.24) is 8.61 Å². The molecule has 0 radical (unpaired) electrons. The van der Waals surface area contributed by atoms with Crippen molar-refractivity contribution in [2.45, 2.75) is 4.90 Å². The Kier molecular flexibility index (Phi) is 7.20. The first-order valence-corrected chi connectivity index (χ1v) is 10.3. The molecule has 2 N–H and O–H groups in total. The molecule has 2 rings (SSSR count). The fraction of sp³-hybridized carbons (Fsp3) is 0.385. The van der Waals surface area contributed by atoms with Crippen LogP contribution in [0, 0.1) is 5.82 Å². The van der Waals surface area contributed by atoms with E-state index in [4.69, 9.17) is 19.8 Å². The molecule has 0 amide bonds. The van der Waals surface area contributed by atoms with E-state index in [1.54, 1.807) is 0 Å². The predicted molar refractivity (Wildman–Crippen MR) is 86.8 cm³/mol. The molecule has 0 aromatic heterocycles. The molecule has 0 saturated carbocycles. The van der Waals surface area contributed by atoms with E-state index in [1.165, 1.54) is 20.7 Å². The summed E-state index contributed by atoms with van der Waals surface area (Å²) in [4.78, 5) is 18.2. The number of halogens is 1. The van der Waals surface area contributed by atoms with Crippen LogP contribution in [0.1, 0.15) is 0 Å². The third-order valence-electron chi connectivity index (χ3n) is 3.30. The number of nitrogens with zero attached hydrogens (tertiary/aromatic N) is 2. The van der Waals surface area contributed by atoms with Gasteiger partial charge in [-0.3, -0.25) is 0 Å². The summed E-state index contributed by atoms with van der Waals surface area (Å²) in [5.41, 5.74) is 0. The summed E-state index contributed by atoms with van der Waals surface area (Å²) in [6, 6.07) is 4.57. The van der Waals surface area contributed by atoms with E-state index in [9.17, 15) is 21.2 Å². The van der Waals surface area contributed by atoms with Gasteiger partial charge >= 0.3 is 11.9 Å². The summed E-state index contributed by atoms with van der Waals surface area (Å²) in [5, 5.41) is 14.8. The van der Waals surface area contributed by atoms with E-state index in [0.29, 0.717) is 0 Å². The van der Waals surface area contributed by atoms with Crippen molar-refractivity contribution >= 4 is 32.0 Å². The molecule has 0 unspecified atom stereocenters. The lowest BCUT2D eigenvalue weighted by Crippen LogP contribution is -2.50. The zero-order valence-electron chi connectivity index (χ0n) is 13.6. The molecule has 1 aliphatic rings.